The highest BCUT2D eigenvalue weighted by atomic mass is 14.5. The van der Waals surface area contributed by atoms with Gasteiger partial charge < -0.3 is 0 Å². The van der Waals surface area contributed by atoms with E-state index in [2.05, 4.69) is 41.5 Å². The molecule has 130 valence electrons. The molecule has 0 nitrogen and oxygen atoms in total. The van der Waals surface area contributed by atoms with Crippen molar-refractivity contribution in [2.24, 2.45) is 47.3 Å². The summed E-state index contributed by atoms with van der Waals surface area (Å²) in [6.07, 6.45) is 11.9. The molecule has 0 aromatic heterocycles. The zero-order valence-electron chi connectivity index (χ0n) is 16.3. The minimum atomic E-state index is 0.875. The molecule has 0 N–H and O–H groups in total. The molecule has 0 saturated heterocycles. The average molecular weight is 307 g/mol. The van der Waals surface area contributed by atoms with Gasteiger partial charge in [-0.15, -0.1) is 0 Å². The minimum absolute atomic E-state index is 0.875. The van der Waals surface area contributed by atoms with Crippen molar-refractivity contribution >= 4 is 0 Å². The molecule has 0 spiro atoms. The fourth-order valence-electron chi connectivity index (χ4n) is 5.45. The topological polar surface area (TPSA) is 0 Å². The summed E-state index contributed by atoms with van der Waals surface area (Å²) in [5.74, 6) is 7.95. The van der Waals surface area contributed by atoms with E-state index in [9.17, 15) is 0 Å². The van der Waals surface area contributed by atoms with E-state index in [4.69, 9.17) is 0 Å². The average Bonchev–Trinajstić information content (AvgIpc) is 2.49. The maximum Gasteiger partial charge on any atom is -0.0352 e. The summed E-state index contributed by atoms with van der Waals surface area (Å²) in [5, 5.41) is 0. The largest absolute Gasteiger partial charge is 0.0654 e. The first-order chi connectivity index (χ1) is 10.5. The third-order valence-corrected chi connectivity index (χ3v) is 7.73. The molecule has 2 fully saturated rings. The van der Waals surface area contributed by atoms with Gasteiger partial charge in [-0.3, -0.25) is 0 Å². The summed E-state index contributed by atoms with van der Waals surface area (Å²) in [6.45, 7) is 14.8. The lowest BCUT2D eigenvalue weighted by Gasteiger charge is -2.49. The lowest BCUT2D eigenvalue weighted by Crippen LogP contribution is -2.42. The van der Waals surface area contributed by atoms with Gasteiger partial charge in [-0.2, -0.15) is 0 Å². The molecule has 2 aliphatic rings. The Bertz CT molecular complexity index is 318. The summed E-state index contributed by atoms with van der Waals surface area (Å²) < 4.78 is 0. The van der Waals surface area contributed by atoms with Crippen molar-refractivity contribution in [3.63, 3.8) is 0 Å². The molecule has 0 heteroatoms. The van der Waals surface area contributed by atoms with Crippen molar-refractivity contribution < 1.29 is 0 Å². The van der Waals surface area contributed by atoms with Crippen LogP contribution in [0.3, 0.4) is 0 Å². The van der Waals surface area contributed by atoms with Gasteiger partial charge in [0.05, 0.1) is 0 Å². The van der Waals surface area contributed by atoms with Crippen LogP contribution in [0.25, 0.3) is 0 Å². The van der Waals surface area contributed by atoms with Crippen molar-refractivity contribution in [3.8, 4) is 0 Å². The molecule has 0 amide bonds. The summed E-state index contributed by atoms with van der Waals surface area (Å²) in [6, 6.07) is 0. The van der Waals surface area contributed by atoms with Gasteiger partial charge >= 0.3 is 0 Å². The highest BCUT2D eigenvalue weighted by Crippen LogP contribution is 2.51. The number of unbranched alkanes of at least 4 members (excludes halogenated alkanes) is 1. The molecule has 2 aliphatic carbocycles. The third kappa shape index (κ3) is 4.09. The summed E-state index contributed by atoms with van der Waals surface area (Å²) in [5.41, 5.74) is 0. The Balaban J connectivity index is 1.96. The van der Waals surface area contributed by atoms with E-state index in [-0.39, 0.29) is 0 Å². The molecule has 0 aliphatic heterocycles. The van der Waals surface area contributed by atoms with E-state index in [0.717, 1.165) is 47.3 Å². The lowest BCUT2D eigenvalue weighted by molar-refractivity contribution is -0.00231. The Morgan fingerprint density at radius 2 is 1.68 bits per heavy atom. The van der Waals surface area contributed by atoms with Gasteiger partial charge in [-0.1, -0.05) is 60.8 Å². The Hall–Kier alpha value is 0. The number of hydrogen-bond acceptors (Lipinski definition) is 0. The van der Waals surface area contributed by atoms with E-state index in [1.165, 1.54) is 51.4 Å². The van der Waals surface area contributed by atoms with Crippen LogP contribution in [0, 0.1) is 47.3 Å². The van der Waals surface area contributed by atoms with Crippen LogP contribution in [0.2, 0.25) is 0 Å². The standard InChI is InChI=1S/C22H42/c1-7-8-9-21(22-14-17(5)18(22)6)20(15(2)3)13-12-19-11-10-16(19)4/h15-22H,7-14H2,1-6H3. The number of hydrogen-bond donors (Lipinski definition) is 0. The van der Waals surface area contributed by atoms with Gasteiger partial charge in [0, 0.05) is 0 Å². The van der Waals surface area contributed by atoms with E-state index >= 15 is 0 Å². The van der Waals surface area contributed by atoms with Crippen LogP contribution >= 0.6 is 0 Å². The van der Waals surface area contributed by atoms with Gasteiger partial charge in [-0.25, -0.2) is 0 Å². The minimum Gasteiger partial charge on any atom is -0.0654 e. The predicted molar refractivity (Wildman–Crippen MR) is 98.9 cm³/mol. The van der Waals surface area contributed by atoms with E-state index in [1.54, 1.807) is 0 Å². The van der Waals surface area contributed by atoms with E-state index in [0.29, 0.717) is 0 Å². The molecule has 7 unspecified atom stereocenters. The van der Waals surface area contributed by atoms with Crippen molar-refractivity contribution in [3.05, 3.63) is 0 Å². The Morgan fingerprint density at radius 3 is 2.09 bits per heavy atom. The van der Waals surface area contributed by atoms with Crippen LogP contribution in [0.15, 0.2) is 0 Å². The molecule has 0 radical (unpaired) electrons. The lowest BCUT2D eigenvalue weighted by atomic mass is 9.56. The quantitative estimate of drug-likeness (QED) is 0.423. The summed E-state index contributed by atoms with van der Waals surface area (Å²) >= 11 is 0. The van der Waals surface area contributed by atoms with Crippen molar-refractivity contribution in [1.29, 1.82) is 0 Å². The van der Waals surface area contributed by atoms with Gasteiger partial charge in [0.2, 0.25) is 0 Å². The highest BCUT2D eigenvalue weighted by molar-refractivity contribution is 4.92. The van der Waals surface area contributed by atoms with Crippen LogP contribution in [0.1, 0.15) is 92.9 Å². The van der Waals surface area contributed by atoms with Crippen LogP contribution in [0.4, 0.5) is 0 Å². The SMILES string of the molecule is CCCCC(C(CCC1CCC1C)C(C)C)C1CC(C)C1C. The maximum atomic E-state index is 2.53. The molecule has 0 aromatic rings. The Labute approximate surface area is 140 Å². The van der Waals surface area contributed by atoms with Gasteiger partial charge in [-0.05, 0) is 79.4 Å². The first-order valence-electron chi connectivity index (χ1n) is 10.5. The predicted octanol–water partition coefficient (Wildman–Crippen LogP) is 7.18. The first kappa shape index (κ1) is 18.3. The van der Waals surface area contributed by atoms with Crippen molar-refractivity contribution in [2.75, 3.05) is 0 Å². The molecule has 7 atom stereocenters. The van der Waals surface area contributed by atoms with Gasteiger partial charge in [0.15, 0.2) is 0 Å². The number of rotatable bonds is 9. The van der Waals surface area contributed by atoms with Crippen LogP contribution in [0.5, 0.6) is 0 Å². The smallest absolute Gasteiger partial charge is 0.0352 e. The molecule has 2 saturated carbocycles. The second-order valence-corrected chi connectivity index (χ2v) is 9.34. The second-order valence-electron chi connectivity index (χ2n) is 9.34. The van der Waals surface area contributed by atoms with Crippen molar-refractivity contribution in [2.45, 2.75) is 92.9 Å². The van der Waals surface area contributed by atoms with Crippen molar-refractivity contribution in [1.82, 2.24) is 0 Å². The molecular weight excluding hydrogens is 264 g/mol. The van der Waals surface area contributed by atoms with Crippen LogP contribution in [-0.2, 0) is 0 Å². The second kappa shape index (κ2) is 8.20. The third-order valence-electron chi connectivity index (χ3n) is 7.73. The molecule has 0 aromatic carbocycles. The fraction of sp³-hybridized carbons (Fsp3) is 1.00. The molecule has 0 bridgehead atoms. The van der Waals surface area contributed by atoms with Gasteiger partial charge in [0.25, 0.3) is 0 Å². The summed E-state index contributed by atoms with van der Waals surface area (Å²) in [4.78, 5) is 0. The zero-order chi connectivity index (χ0) is 16.3. The van der Waals surface area contributed by atoms with Crippen LogP contribution < -0.4 is 0 Å². The molecular formula is C22H42. The Morgan fingerprint density at radius 1 is 0.955 bits per heavy atom. The molecule has 22 heavy (non-hydrogen) atoms. The van der Waals surface area contributed by atoms with E-state index < -0.39 is 0 Å². The van der Waals surface area contributed by atoms with E-state index in [1.807, 2.05) is 0 Å². The van der Waals surface area contributed by atoms with Crippen LogP contribution in [-0.4, -0.2) is 0 Å². The fourth-order valence-corrected chi connectivity index (χ4v) is 5.45. The Kier molecular flexibility index (Phi) is 6.84. The first-order valence-corrected chi connectivity index (χ1v) is 10.5. The van der Waals surface area contributed by atoms with Gasteiger partial charge in [0.1, 0.15) is 0 Å². The monoisotopic (exact) mass is 306 g/mol. The maximum absolute atomic E-state index is 2.53. The normalized spacial score (nSPS) is 37.5. The summed E-state index contributed by atoms with van der Waals surface area (Å²) in [7, 11) is 0. The highest BCUT2D eigenvalue weighted by Gasteiger charge is 2.42. The molecule has 0 heterocycles. The zero-order valence-corrected chi connectivity index (χ0v) is 16.3. The molecule has 2 rings (SSSR count).